The lowest BCUT2D eigenvalue weighted by molar-refractivity contribution is -0.125. The number of unbranched alkanes of at least 4 members (excludes halogenated alkanes) is 1. The number of rotatable bonds is 11. The Kier molecular flexibility index (Phi) is 9.08. The summed E-state index contributed by atoms with van der Waals surface area (Å²) in [5.41, 5.74) is 5.19. The van der Waals surface area contributed by atoms with Gasteiger partial charge in [-0.1, -0.05) is 61.0 Å². The molecule has 3 heterocycles. The van der Waals surface area contributed by atoms with E-state index in [2.05, 4.69) is 33.3 Å². The number of fused-ring (bicyclic) bond motifs is 3. The third-order valence-corrected chi connectivity index (χ3v) is 10.1. The van der Waals surface area contributed by atoms with Gasteiger partial charge in [-0.15, -0.1) is 0 Å². The molecule has 7 rings (SSSR count). The quantitative estimate of drug-likeness (QED) is 0.191. The van der Waals surface area contributed by atoms with E-state index in [4.69, 9.17) is 9.47 Å². The molecule has 0 atom stereocenters. The predicted octanol–water partition coefficient (Wildman–Crippen LogP) is 6.37. The summed E-state index contributed by atoms with van der Waals surface area (Å²) in [4.78, 5) is 34.1. The zero-order chi connectivity index (χ0) is 33.1. The number of amides is 2. The van der Waals surface area contributed by atoms with Crippen LogP contribution in [0.3, 0.4) is 0 Å². The van der Waals surface area contributed by atoms with Crippen LogP contribution in [0.2, 0.25) is 0 Å². The van der Waals surface area contributed by atoms with Gasteiger partial charge < -0.3 is 24.6 Å². The minimum Gasteiger partial charge on any atom is -0.497 e. The van der Waals surface area contributed by atoms with E-state index >= 15 is 0 Å². The summed E-state index contributed by atoms with van der Waals surface area (Å²) in [6, 6.07) is 30.2. The lowest BCUT2D eigenvalue weighted by atomic mass is 9.68. The van der Waals surface area contributed by atoms with Crippen molar-refractivity contribution in [3.05, 3.63) is 119 Å². The molecular formula is C40H44N4O4. The number of para-hydroxylation sites is 2. The number of nitrogens with zero attached hydrogens (tertiary/aromatic N) is 3. The van der Waals surface area contributed by atoms with Gasteiger partial charge >= 0.3 is 0 Å². The van der Waals surface area contributed by atoms with Gasteiger partial charge in [-0.05, 0) is 73.8 Å². The predicted molar refractivity (Wildman–Crippen MR) is 188 cm³/mol. The van der Waals surface area contributed by atoms with Gasteiger partial charge in [-0.2, -0.15) is 0 Å². The summed E-state index contributed by atoms with van der Waals surface area (Å²) in [6.07, 6.45) is 2.64. The minimum atomic E-state index is -0.783. The van der Waals surface area contributed by atoms with Crippen LogP contribution < -0.4 is 19.7 Å². The smallest absolute Gasteiger partial charge is 0.254 e. The maximum absolute atomic E-state index is 13.9. The molecule has 3 aliphatic heterocycles. The van der Waals surface area contributed by atoms with E-state index in [0.29, 0.717) is 26.1 Å². The fraction of sp³-hybridized carbons (Fsp3) is 0.350. The highest BCUT2D eigenvalue weighted by molar-refractivity contribution is 5.99. The molecule has 0 unspecified atom stereocenters. The SMILES string of the molecule is CCNC(=O)C1(CCCCN2CCN(c3ccc4c(c3)C(=O)N(Cc3cccc(OC)c3)C4)CC2)c2ccccc2Oc2ccccc21. The van der Waals surface area contributed by atoms with Crippen LogP contribution in [0.25, 0.3) is 0 Å². The van der Waals surface area contributed by atoms with Gasteiger partial charge in [0.1, 0.15) is 22.7 Å². The molecule has 0 radical (unpaired) electrons. The maximum atomic E-state index is 13.9. The van der Waals surface area contributed by atoms with Crippen LogP contribution in [-0.4, -0.2) is 68.0 Å². The molecule has 4 aromatic carbocycles. The fourth-order valence-electron chi connectivity index (χ4n) is 7.64. The van der Waals surface area contributed by atoms with Crippen LogP contribution in [0.4, 0.5) is 5.69 Å². The minimum absolute atomic E-state index is 0.0399. The number of anilines is 1. The normalized spacial score (nSPS) is 16.5. The summed E-state index contributed by atoms with van der Waals surface area (Å²) < 4.78 is 11.6. The molecule has 8 heteroatoms. The van der Waals surface area contributed by atoms with E-state index in [9.17, 15) is 9.59 Å². The second-order valence-electron chi connectivity index (χ2n) is 13.0. The molecule has 248 valence electrons. The lowest BCUT2D eigenvalue weighted by Crippen LogP contribution is -2.47. The van der Waals surface area contributed by atoms with Crippen LogP contribution in [0.5, 0.6) is 17.2 Å². The molecule has 4 aromatic rings. The third kappa shape index (κ3) is 6.01. The first kappa shape index (κ1) is 31.8. The monoisotopic (exact) mass is 644 g/mol. The van der Waals surface area contributed by atoms with Gasteiger partial charge in [-0.25, -0.2) is 0 Å². The number of hydrogen-bond donors (Lipinski definition) is 1. The average Bonchev–Trinajstić information content (AvgIpc) is 3.43. The second-order valence-corrected chi connectivity index (χ2v) is 13.0. The van der Waals surface area contributed by atoms with Crippen LogP contribution in [0.1, 0.15) is 58.8 Å². The topological polar surface area (TPSA) is 74.4 Å². The summed E-state index contributed by atoms with van der Waals surface area (Å²) in [5, 5.41) is 3.15. The number of piperazine rings is 1. The van der Waals surface area contributed by atoms with Gasteiger partial charge in [0.25, 0.3) is 5.91 Å². The van der Waals surface area contributed by atoms with Crippen LogP contribution in [0.15, 0.2) is 91.0 Å². The molecule has 1 N–H and O–H groups in total. The molecule has 0 aliphatic carbocycles. The highest BCUT2D eigenvalue weighted by Gasteiger charge is 2.47. The molecule has 0 saturated carbocycles. The van der Waals surface area contributed by atoms with Gasteiger partial charge in [0.2, 0.25) is 5.91 Å². The van der Waals surface area contributed by atoms with E-state index < -0.39 is 5.41 Å². The number of hydrogen-bond acceptors (Lipinski definition) is 6. The van der Waals surface area contributed by atoms with Crippen molar-refractivity contribution in [3.63, 3.8) is 0 Å². The molecule has 0 spiro atoms. The first-order chi connectivity index (χ1) is 23.5. The van der Waals surface area contributed by atoms with Gasteiger partial charge in [0, 0.05) is 68.2 Å². The average molecular weight is 645 g/mol. The molecular weight excluding hydrogens is 600 g/mol. The molecule has 1 fully saturated rings. The standard InChI is InChI=1S/C40H44N4O4/c1-3-41-39(46)40(34-13-4-6-15-36(34)48-37-16-7-5-14-35(37)40)19-8-9-20-42-21-23-43(24-22-42)31-18-17-30-28-44(38(45)33(30)26-31)27-29-11-10-12-32(25-29)47-2/h4-7,10-18,25-26H,3,8-9,19-24,27-28H2,1-2H3,(H,41,46). The Bertz CT molecular complexity index is 1750. The zero-order valence-corrected chi connectivity index (χ0v) is 27.9. The van der Waals surface area contributed by atoms with Gasteiger partial charge in [-0.3, -0.25) is 14.5 Å². The Hall–Kier alpha value is -4.82. The van der Waals surface area contributed by atoms with Crippen molar-refractivity contribution >= 4 is 17.5 Å². The summed E-state index contributed by atoms with van der Waals surface area (Å²) >= 11 is 0. The molecule has 8 nitrogen and oxygen atoms in total. The van der Waals surface area contributed by atoms with Crippen molar-refractivity contribution in [1.29, 1.82) is 0 Å². The van der Waals surface area contributed by atoms with E-state index in [1.165, 1.54) is 0 Å². The van der Waals surface area contributed by atoms with Crippen LogP contribution in [-0.2, 0) is 23.3 Å². The van der Waals surface area contributed by atoms with Crippen molar-refractivity contribution in [2.24, 2.45) is 0 Å². The molecule has 48 heavy (non-hydrogen) atoms. The summed E-state index contributed by atoms with van der Waals surface area (Å²) in [5.74, 6) is 2.46. The number of nitrogens with one attached hydrogen (secondary N) is 1. The van der Waals surface area contributed by atoms with Crippen LogP contribution in [0, 0.1) is 0 Å². The highest BCUT2D eigenvalue weighted by atomic mass is 16.5. The van der Waals surface area contributed by atoms with E-state index in [-0.39, 0.29) is 11.8 Å². The highest BCUT2D eigenvalue weighted by Crippen LogP contribution is 2.50. The zero-order valence-electron chi connectivity index (χ0n) is 27.9. The van der Waals surface area contributed by atoms with E-state index in [0.717, 1.165) is 96.3 Å². The van der Waals surface area contributed by atoms with Crippen molar-refractivity contribution < 1.29 is 19.1 Å². The first-order valence-electron chi connectivity index (χ1n) is 17.2. The molecule has 3 aliphatic rings. The Morgan fingerprint density at radius 3 is 2.31 bits per heavy atom. The molecule has 2 amide bonds. The molecule has 0 bridgehead atoms. The molecule has 1 saturated heterocycles. The summed E-state index contributed by atoms with van der Waals surface area (Å²) in [7, 11) is 1.66. The van der Waals surface area contributed by atoms with E-state index in [1.54, 1.807) is 7.11 Å². The number of benzene rings is 4. The van der Waals surface area contributed by atoms with Gasteiger partial charge in [0.05, 0.1) is 7.11 Å². The Morgan fingerprint density at radius 2 is 1.60 bits per heavy atom. The molecule has 0 aromatic heterocycles. The largest absolute Gasteiger partial charge is 0.497 e. The van der Waals surface area contributed by atoms with E-state index in [1.807, 2.05) is 84.6 Å². The number of ether oxygens (including phenoxy) is 2. The maximum Gasteiger partial charge on any atom is 0.254 e. The first-order valence-corrected chi connectivity index (χ1v) is 17.2. The number of carbonyl (C=O) groups excluding carboxylic acids is 2. The Labute approximate surface area is 283 Å². The third-order valence-electron chi connectivity index (χ3n) is 10.1. The fourth-order valence-corrected chi connectivity index (χ4v) is 7.64. The number of carbonyl (C=O) groups is 2. The van der Waals surface area contributed by atoms with Crippen LogP contribution >= 0.6 is 0 Å². The van der Waals surface area contributed by atoms with Crippen molar-refractivity contribution in [2.75, 3.05) is 51.3 Å². The van der Waals surface area contributed by atoms with Crippen molar-refractivity contribution in [3.8, 4) is 17.2 Å². The Balaban J connectivity index is 0.957. The van der Waals surface area contributed by atoms with Crippen molar-refractivity contribution in [1.82, 2.24) is 15.1 Å². The number of methoxy groups -OCH3 is 1. The summed E-state index contributed by atoms with van der Waals surface area (Å²) in [6.45, 7) is 8.50. The van der Waals surface area contributed by atoms with Gasteiger partial charge in [0.15, 0.2) is 0 Å². The van der Waals surface area contributed by atoms with Crippen molar-refractivity contribution in [2.45, 2.75) is 44.7 Å². The number of likely N-dealkylation sites (N-methyl/N-ethyl adjacent to an activating group) is 1. The lowest BCUT2D eigenvalue weighted by Gasteiger charge is -2.39. The second kappa shape index (κ2) is 13.7. The Morgan fingerprint density at radius 1 is 0.875 bits per heavy atom.